The number of carbonyl (C=O) groups is 4. The number of hydrogen-bond donors (Lipinski definition) is 2. The van der Waals surface area contributed by atoms with E-state index < -0.39 is 29.8 Å². The molecule has 1 aromatic rings. The zero-order valence-corrected chi connectivity index (χ0v) is 14.2. The van der Waals surface area contributed by atoms with Gasteiger partial charge >= 0.3 is 0 Å². The number of primary amides is 1. The minimum atomic E-state index is -0.912. The predicted molar refractivity (Wildman–Crippen MR) is 90.9 cm³/mol. The summed E-state index contributed by atoms with van der Waals surface area (Å²) in [6, 6.07) is 4.71. The van der Waals surface area contributed by atoms with E-state index in [2.05, 4.69) is 5.32 Å². The highest BCUT2D eigenvalue weighted by atomic mass is 16.5. The maximum atomic E-state index is 12.4. The maximum Gasteiger partial charge on any atom is 0.253 e. The molecule has 9 nitrogen and oxygen atoms in total. The van der Waals surface area contributed by atoms with Gasteiger partial charge in [0.25, 0.3) is 11.8 Å². The Hall–Kier alpha value is -2.94. The minimum absolute atomic E-state index is 0.0381. The van der Waals surface area contributed by atoms with Crippen molar-refractivity contribution in [2.24, 2.45) is 5.73 Å². The normalized spacial score (nSPS) is 23.3. The molecule has 2 aliphatic rings. The van der Waals surface area contributed by atoms with Gasteiger partial charge in [0.05, 0.1) is 6.61 Å². The summed E-state index contributed by atoms with van der Waals surface area (Å²) in [6.45, 7) is 0.954. The maximum absolute atomic E-state index is 12.4. The van der Waals surface area contributed by atoms with E-state index in [1.165, 1.54) is 18.4 Å². The average molecular weight is 359 g/mol. The van der Waals surface area contributed by atoms with Gasteiger partial charge in [-0.15, -0.1) is 0 Å². The van der Waals surface area contributed by atoms with E-state index in [-0.39, 0.29) is 12.5 Å². The Morgan fingerprint density at radius 2 is 1.92 bits per heavy atom. The first-order valence-electron chi connectivity index (χ1n) is 8.08. The third kappa shape index (κ3) is 3.38. The first-order valence-corrected chi connectivity index (χ1v) is 8.08. The van der Waals surface area contributed by atoms with Crippen LogP contribution >= 0.6 is 0 Å². The molecule has 26 heavy (non-hydrogen) atoms. The predicted octanol–water partition coefficient (Wildman–Crippen LogP) is -1.32. The molecule has 4 amide bonds. The molecule has 2 heterocycles. The molecule has 3 N–H and O–H groups in total. The second-order valence-corrected chi connectivity index (χ2v) is 6.08. The molecule has 0 aromatic heterocycles. The molecule has 1 aromatic carbocycles. The van der Waals surface area contributed by atoms with Crippen LogP contribution in [-0.4, -0.2) is 67.4 Å². The lowest BCUT2D eigenvalue weighted by molar-refractivity contribution is -0.133. The number of nitrogens with zero attached hydrogens (tertiary/aromatic N) is 2. The van der Waals surface area contributed by atoms with Gasteiger partial charge in [-0.05, 0) is 24.3 Å². The molecule has 2 saturated heterocycles. The Morgan fingerprint density at radius 3 is 2.50 bits per heavy atom. The van der Waals surface area contributed by atoms with Crippen LogP contribution in [-0.2, 0) is 19.1 Å². The van der Waals surface area contributed by atoms with Crippen molar-refractivity contribution in [1.29, 1.82) is 0 Å². The van der Waals surface area contributed by atoms with Crippen LogP contribution in [0.25, 0.3) is 0 Å². The zero-order chi connectivity index (χ0) is 18.8. The molecule has 3 rings (SSSR count). The number of nitrogens with two attached hydrogens (primary N) is 1. The number of anilines is 1. The van der Waals surface area contributed by atoms with Crippen LogP contribution in [0.3, 0.4) is 0 Å². The number of benzene rings is 1. The van der Waals surface area contributed by atoms with Gasteiger partial charge in [0.15, 0.2) is 0 Å². The van der Waals surface area contributed by atoms with Crippen molar-refractivity contribution in [3.8, 4) is 0 Å². The van der Waals surface area contributed by atoms with Gasteiger partial charge in [0, 0.05) is 31.3 Å². The second kappa shape index (κ2) is 7.12. The van der Waals surface area contributed by atoms with E-state index in [0.29, 0.717) is 24.4 Å². The summed E-state index contributed by atoms with van der Waals surface area (Å²) in [5, 5.41) is 2.57. The van der Waals surface area contributed by atoms with Gasteiger partial charge < -0.3 is 25.6 Å². The van der Waals surface area contributed by atoms with Crippen LogP contribution in [0, 0.1) is 6.42 Å². The summed E-state index contributed by atoms with van der Waals surface area (Å²) in [5.41, 5.74) is 6.24. The molecule has 2 aliphatic heterocycles. The second-order valence-electron chi connectivity index (χ2n) is 6.08. The Morgan fingerprint density at radius 1 is 1.23 bits per heavy atom. The third-order valence-electron chi connectivity index (χ3n) is 4.41. The lowest BCUT2D eigenvalue weighted by atomic mass is 10.1. The van der Waals surface area contributed by atoms with Crippen molar-refractivity contribution < 1.29 is 23.9 Å². The lowest BCUT2D eigenvalue weighted by Gasteiger charge is -2.26. The zero-order valence-electron chi connectivity index (χ0n) is 14.2. The number of morpholine rings is 1. The topological polar surface area (TPSA) is 122 Å². The van der Waals surface area contributed by atoms with Gasteiger partial charge in [-0.25, -0.2) is 0 Å². The molecular formula is C17H19N4O5. The number of hydrogen-bond acceptors (Lipinski definition) is 5. The summed E-state index contributed by atoms with van der Waals surface area (Å²) in [7, 11) is 1.45. The van der Waals surface area contributed by atoms with Crippen molar-refractivity contribution in [3.63, 3.8) is 0 Å². The van der Waals surface area contributed by atoms with Crippen LogP contribution in [0.5, 0.6) is 0 Å². The molecule has 2 fully saturated rings. The molecule has 0 spiro atoms. The summed E-state index contributed by atoms with van der Waals surface area (Å²) in [4.78, 5) is 50.4. The molecular weight excluding hydrogens is 340 g/mol. The lowest BCUT2D eigenvalue weighted by Crippen LogP contribution is -2.42. The van der Waals surface area contributed by atoms with Gasteiger partial charge in [0.1, 0.15) is 18.7 Å². The number of rotatable bonds is 4. The third-order valence-corrected chi connectivity index (χ3v) is 4.41. The number of ether oxygens (including phenoxy) is 1. The number of likely N-dealkylation sites (tertiary alicyclic amines) is 1. The summed E-state index contributed by atoms with van der Waals surface area (Å²) in [5.74, 6) is -1.66. The van der Waals surface area contributed by atoms with E-state index in [1.807, 2.05) is 0 Å². The van der Waals surface area contributed by atoms with E-state index in [4.69, 9.17) is 10.5 Å². The Kier molecular flexibility index (Phi) is 4.90. The molecule has 0 aliphatic carbocycles. The number of carbonyl (C=O) groups excluding carboxylic acids is 4. The fraction of sp³-hybridized carbons (Fsp3) is 0.353. The number of nitrogens with one attached hydrogen (secondary N) is 1. The largest absolute Gasteiger partial charge is 0.370 e. The fourth-order valence-electron chi connectivity index (χ4n) is 2.95. The molecule has 137 valence electrons. The van der Waals surface area contributed by atoms with Gasteiger partial charge in [-0.3, -0.25) is 19.2 Å². The van der Waals surface area contributed by atoms with Crippen LogP contribution in [0.15, 0.2) is 24.3 Å². The Labute approximate surface area is 150 Å². The summed E-state index contributed by atoms with van der Waals surface area (Å²) < 4.78 is 5.09. The summed E-state index contributed by atoms with van der Waals surface area (Å²) >= 11 is 0. The average Bonchev–Trinajstić information content (AvgIpc) is 2.91. The first-order chi connectivity index (χ1) is 12.4. The molecule has 9 heteroatoms. The van der Waals surface area contributed by atoms with E-state index in [1.54, 1.807) is 29.2 Å². The van der Waals surface area contributed by atoms with Crippen molar-refractivity contribution in [1.82, 2.24) is 10.2 Å². The van der Waals surface area contributed by atoms with Gasteiger partial charge in [0.2, 0.25) is 11.8 Å². The minimum Gasteiger partial charge on any atom is -0.370 e. The highest BCUT2D eigenvalue weighted by molar-refractivity contribution is 6.02. The molecule has 2 atom stereocenters. The number of amides is 4. The molecule has 0 bridgehead atoms. The highest BCUT2D eigenvalue weighted by Gasteiger charge is 2.41. The smallest absolute Gasteiger partial charge is 0.253 e. The van der Waals surface area contributed by atoms with E-state index >= 15 is 0 Å². The van der Waals surface area contributed by atoms with E-state index in [0.717, 1.165) is 0 Å². The molecule has 1 radical (unpaired) electrons. The molecule has 0 saturated carbocycles. The van der Waals surface area contributed by atoms with Crippen LogP contribution in [0.2, 0.25) is 0 Å². The first kappa shape index (κ1) is 17.9. The monoisotopic (exact) mass is 359 g/mol. The van der Waals surface area contributed by atoms with E-state index in [9.17, 15) is 19.2 Å². The Balaban J connectivity index is 1.66. The summed E-state index contributed by atoms with van der Waals surface area (Å²) in [6.07, 6.45) is 1.41. The molecule has 2 unspecified atom stereocenters. The van der Waals surface area contributed by atoms with Crippen LogP contribution in [0.1, 0.15) is 10.4 Å². The Bertz CT molecular complexity index is 748. The number of likely N-dealkylation sites (N-methyl/N-ethyl adjacent to an activating group) is 1. The van der Waals surface area contributed by atoms with Crippen molar-refractivity contribution in [2.75, 3.05) is 31.7 Å². The van der Waals surface area contributed by atoms with Gasteiger partial charge in [-0.1, -0.05) is 0 Å². The highest BCUT2D eigenvalue weighted by Crippen LogP contribution is 2.19. The van der Waals surface area contributed by atoms with Crippen molar-refractivity contribution in [2.45, 2.75) is 12.1 Å². The standard InChI is InChI=1S/C17H19N4O5/c1-20-13(15(18)23)8-12(17(20)25)19-16(24)10-2-4-11(5-3-10)21-6-7-26-9-14(21)22/h2-5,8,12-13H,6-7,9H2,1H3,(H2,18,23)(H,19,24). The van der Waals surface area contributed by atoms with Crippen molar-refractivity contribution in [3.05, 3.63) is 36.2 Å². The fourth-order valence-corrected chi connectivity index (χ4v) is 2.95. The van der Waals surface area contributed by atoms with Crippen LogP contribution in [0.4, 0.5) is 5.69 Å². The van der Waals surface area contributed by atoms with Crippen LogP contribution < -0.4 is 16.0 Å². The quantitative estimate of drug-likeness (QED) is 0.690. The van der Waals surface area contributed by atoms with Gasteiger partial charge in [-0.2, -0.15) is 0 Å². The SMILES string of the molecule is CN1C(=O)C(NC(=O)c2ccc(N3CCOCC3=O)cc2)[CH]C1C(N)=O. The van der Waals surface area contributed by atoms with Crippen molar-refractivity contribution >= 4 is 29.3 Å².